The highest BCUT2D eigenvalue weighted by Crippen LogP contribution is 2.31. The summed E-state index contributed by atoms with van der Waals surface area (Å²) in [5.41, 5.74) is 2.03. The van der Waals surface area contributed by atoms with E-state index in [0.717, 1.165) is 55.5 Å². The third-order valence-electron chi connectivity index (χ3n) is 5.58. The maximum Gasteiger partial charge on any atom is 0.137 e. The number of rotatable bonds is 6. The Morgan fingerprint density at radius 1 is 1.03 bits per heavy atom. The van der Waals surface area contributed by atoms with Crippen LogP contribution in [0.3, 0.4) is 0 Å². The zero-order valence-electron chi connectivity index (χ0n) is 17.2. The minimum absolute atomic E-state index is 0.00262. The van der Waals surface area contributed by atoms with Gasteiger partial charge in [-0.2, -0.15) is 0 Å². The van der Waals surface area contributed by atoms with Crippen molar-refractivity contribution in [1.29, 1.82) is 0 Å². The molecule has 1 aromatic heterocycles. The summed E-state index contributed by atoms with van der Waals surface area (Å²) in [6.07, 6.45) is -0.215. The van der Waals surface area contributed by atoms with Crippen LogP contribution in [0.25, 0.3) is 22.0 Å². The molecule has 3 aromatic rings. The van der Waals surface area contributed by atoms with Crippen LogP contribution >= 0.6 is 0 Å². The first-order valence-electron chi connectivity index (χ1n) is 10.4. The van der Waals surface area contributed by atoms with Gasteiger partial charge in [0.25, 0.3) is 0 Å². The van der Waals surface area contributed by atoms with E-state index in [0.29, 0.717) is 0 Å². The van der Waals surface area contributed by atoms with Gasteiger partial charge in [-0.3, -0.25) is 0 Å². The van der Waals surface area contributed by atoms with Crippen LogP contribution in [0.15, 0.2) is 54.6 Å². The van der Waals surface area contributed by atoms with E-state index in [1.165, 1.54) is 10.8 Å². The summed E-state index contributed by atoms with van der Waals surface area (Å²) in [4.78, 5) is 9.97. The van der Waals surface area contributed by atoms with Crippen LogP contribution in [0.1, 0.15) is 13.8 Å². The standard InChI is InChI=1S/C24H29N3O2/c1-3-26-12-14-27(15-13-26)24-22-7-5-4-6-20(22)16-23(25-24)19-8-10-21(11-9-19)29-18(2)17-28/h4-11,16,18,28H,3,12-15,17H2,1-2H3. The molecule has 4 rings (SSSR count). The van der Waals surface area contributed by atoms with E-state index in [1.54, 1.807) is 0 Å². The number of aromatic nitrogens is 1. The molecule has 5 nitrogen and oxygen atoms in total. The minimum atomic E-state index is -0.215. The normalized spacial score (nSPS) is 16.2. The van der Waals surface area contributed by atoms with Crippen LogP contribution in [-0.2, 0) is 0 Å². The quantitative estimate of drug-likeness (QED) is 0.693. The number of pyridine rings is 1. The molecule has 0 spiro atoms. The highest BCUT2D eigenvalue weighted by molar-refractivity contribution is 5.95. The first-order valence-corrected chi connectivity index (χ1v) is 10.4. The summed E-state index contributed by atoms with van der Waals surface area (Å²) in [5, 5.41) is 11.6. The molecule has 1 aliphatic heterocycles. The first kappa shape index (κ1) is 19.7. The lowest BCUT2D eigenvalue weighted by atomic mass is 10.1. The van der Waals surface area contributed by atoms with Crippen LogP contribution in [0.4, 0.5) is 5.82 Å². The zero-order chi connectivity index (χ0) is 20.2. The number of fused-ring (bicyclic) bond motifs is 1. The molecule has 5 heteroatoms. The lowest BCUT2D eigenvalue weighted by Crippen LogP contribution is -2.46. The first-order chi connectivity index (χ1) is 14.2. The Labute approximate surface area is 172 Å². The molecular weight excluding hydrogens is 362 g/mol. The average Bonchev–Trinajstić information content (AvgIpc) is 2.79. The number of nitrogens with zero attached hydrogens (tertiary/aromatic N) is 3. The Bertz CT molecular complexity index is 950. The smallest absolute Gasteiger partial charge is 0.137 e. The van der Waals surface area contributed by atoms with Gasteiger partial charge in [0.2, 0.25) is 0 Å². The maximum atomic E-state index is 9.17. The Kier molecular flexibility index (Phi) is 5.97. The van der Waals surface area contributed by atoms with Gasteiger partial charge in [-0.25, -0.2) is 4.98 Å². The van der Waals surface area contributed by atoms with Crippen molar-refractivity contribution in [2.75, 3.05) is 44.2 Å². The molecule has 1 aliphatic rings. The molecule has 0 aliphatic carbocycles. The summed E-state index contributed by atoms with van der Waals surface area (Å²) in [7, 11) is 0. The number of aliphatic hydroxyl groups is 1. The van der Waals surface area contributed by atoms with Crippen molar-refractivity contribution >= 4 is 16.6 Å². The van der Waals surface area contributed by atoms with E-state index >= 15 is 0 Å². The van der Waals surface area contributed by atoms with Gasteiger partial charge in [0.05, 0.1) is 12.3 Å². The minimum Gasteiger partial charge on any atom is -0.488 e. The molecule has 1 fully saturated rings. The number of likely N-dealkylation sites (N-methyl/N-ethyl adjacent to an activating group) is 1. The number of benzene rings is 2. The predicted molar refractivity (Wildman–Crippen MR) is 119 cm³/mol. The van der Waals surface area contributed by atoms with Crippen molar-refractivity contribution in [2.24, 2.45) is 0 Å². The van der Waals surface area contributed by atoms with Gasteiger partial charge in [0.1, 0.15) is 17.7 Å². The lowest BCUT2D eigenvalue weighted by molar-refractivity contribution is 0.130. The highest BCUT2D eigenvalue weighted by atomic mass is 16.5. The van der Waals surface area contributed by atoms with Crippen LogP contribution in [0, 0.1) is 0 Å². The van der Waals surface area contributed by atoms with Gasteiger partial charge in [0, 0.05) is 37.1 Å². The number of aliphatic hydroxyl groups excluding tert-OH is 1. The molecule has 0 saturated carbocycles. The molecule has 2 heterocycles. The average molecular weight is 392 g/mol. The van der Waals surface area contributed by atoms with E-state index in [-0.39, 0.29) is 12.7 Å². The van der Waals surface area contributed by atoms with Crippen molar-refractivity contribution in [3.8, 4) is 17.0 Å². The summed E-state index contributed by atoms with van der Waals surface area (Å²) < 4.78 is 5.68. The number of hydrogen-bond acceptors (Lipinski definition) is 5. The monoisotopic (exact) mass is 391 g/mol. The van der Waals surface area contributed by atoms with Crippen molar-refractivity contribution in [3.05, 3.63) is 54.6 Å². The Morgan fingerprint density at radius 3 is 2.45 bits per heavy atom. The van der Waals surface area contributed by atoms with Crippen LogP contribution < -0.4 is 9.64 Å². The van der Waals surface area contributed by atoms with E-state index in [1.807, 2.05) is 31.2 Å². The molecule has 1 N–H and O–H groups in total. The third-order valence-corrected chi connectivity index (χ3v) is 5.58. The SMILES string of the molecule is CCN1CCN(c2nc(-c3ccc(OC(C)CO)cc3)cc3ccccc23)CC1. The van der Waals surface area contributed by atoms with Gasteiger partial charge < -0.3 is 19.6 Å². The fourth-order valence-corrected chi connectivity index (χ4v) is 3.82. The fraction of sp³-hybridized carbons (Fsp3) is 0.375. The molecule has 1 atom stereocenters. The molecule has 2 aromatic carbocycles. The second-order valence-electron chi connectivity index (χ2n) is 7.61. The van der Waals surface area contributed by atoms with E-state index in [2.05, 4.69) is 47.1 Å². The molecule has 1 saturated heterocycles. The zero-order valence-corrected chi connectivity index (χ0v) is 17.2. The number of ether oxygens (including phenoxy) is 1. The van der Waals surface area contributed by atoms with Crippen LogP contribution in [-0.4, -0.2) is 60.4 Å². The molecule has 29 heavy (non-hydrogen) atoms. The van der Waals surface area contributed by atoms with Crippen molar-refractivity contribution in [2.45, 2.75) is 20.0 Å². The fourth-order valence-electron chi connectivity index (χ4n) is 3.82. The second-order valence-corrected chi connectivity index (χ2v) is 7.61. The summed E-state index contributed by atoms with van der Waals surface area (Å²) >= 11 is 0. The molecule has 0 bridgehead atoms. The summed E-state index contributed by atoms with van der Waals surface area (Å²) in [6, 6.07) is 18.6. The summed E-state index contributed by atoms with van der Waals surface area (Å²) in [6.45, 7) is 9.33. The van der Waals surface area contributed by atoms with Crippen LogP contribution in [0.5, 0.6) is 5.75 Å². The lowest BCUT2D eigenvalue weighted by Gasteiger charge is -2.35. The number of piperazine rings is 1. The largest absolute Gasteiger partial charge is 0.488 e. The Morgan fingerprint density at radius 2 is 1.76 bits per heavy atom. The van der Waals surface area contributed by atoms with Crippen molar-refractivity contribution in [3.63, 3.8) is 0 Å². The highest BCUT2D eigenvalue weighted by Gasteiger charge is 2.19. The van der Waals surface area contributed by atoms with E-state index in [9.17, 15) is 5.11 Å². The second kappa shape index (κ2) is 8.80. The number of hydrogen-bond donors (Lipinski definition) is 1. The van der Waals surface area contributed by atoms with Gasteiger partial charge in [-0.15, -0.1) is 0 Å². The molecule has 152 valence electrons. The van der Waals surface area contributed by atoms with Crippen molar-refractivity contribution in [1.82, 2.24) is 9.88 Å². The molecule has 0 radical (unpaired) electrons. The maximum absolute atomic E-state index is 9.17. The molecular formula is C24H29N3O2. The van der Waals surface area contributed by atoms with Crippen LogP contribution in [0.2, 0.25) is 0 Å². The van der Waals surface area contributed by atoms with Gasteiger partial charge in [-0.05, 0) is 49.2 Å². The summed E-state index contributed by atoms with van der Waals surface area (Å²) in [5.74, 6) is 1.83. The number of anilines is 1. The van der Waals surface area contributed by atoms with Crippen molar-refractivity contribution < 1.29 is 9.84 Å². The van der Waals surface area contributed by atoms with E-state index < -0.39 is 0 Å². The van der Waals surface area contributed by atoms with Gasteiger partial charge >= 0.3 is 0 Å². The Balaban J connectivity index is 1.67. The van der Waals surface area contributed by atoms with Gasteiger partial charge in [-0.1, -0.05) is 31.2 Å². The van der Waals surface area contributed by atoms with Gasteiger partial charge in [0.15, 0.2) is 0 Å². The predicted octanol–water partition coefficient (Wildman–Crippen LogP) is 3.80. The van der Waals surface area contributed by atoms with E-state index in [4.69, 9.17) is 9.72 Å². The third kappa shape index (κ3) is 4.36. The Hall–Kier alpha value is -2.63. The molecule has 1 unspecified atom stereocenters. The molecule has 0 amide bonds. The topological polar surface area (TPSA) is 48.8 Å².